The van der Waals surface area contributed by atoms with Gasteiger partial charge in [0.25, 0.3) is 0 Å². The van der Waals surface area contributed by atoms with Crippen LogP contribution < -0.4 is 0 Å². The number of hydrogen-bond donors (Lipinski definition) is 1. The van der Waals surface area contributed by atoms with E-state index in [1.807, 2.05) is 13.8 Å². The molecule has 9 heteroatoms. The Hall–Kier alpha value is -2.09. The molecule has 3 rings (SSSR count). The minimum absolute atomic E-state index is 0.00919. The number of rotatable bonds is 3. The Morgan fingerprint density at radius 1 is 1.26 bits per heavy atom. The van der Waals surface area contributed by atoms with Crippen molar-refractivity contribution < 1.29 is 13.2 Å². The number of alkyl halides is 3. The van der Waals surface area contributed by atoms with Crippen molar-refractivity contribution in [2.75, 3.05) is 0 Å². The quantitative estimate of drug-likeness (QED) is 0.738. The van der Waals surface area contributed by atoms with Gasteiger partial charge in [-0.15, -0.1) is 0 Å². The molecule has 0 saturated heterocycles. The second-order valence-corrected chi connectivity index (χ2v) is 5.60. The van der Waals surface area contributed by atoms with Crippen molar-refractivity contribution >= 4 is 22.6 Å². The molecule has 0 bridgehead atoms. The number of nitrogens with one attached hydrogen (secondary N) is 1. The monoisotopic (exact) mass is 343 g/mol. The van der Waals surface area contributed by atoms with Gasteiger partial charge in [0.15, 0.2) is 0 Å². The molecule has 0 amide bonds. The molecule has 3 heterocycles. The Morgan fingerprint density at radius 2 is 2.00 bits per heavy atom. The zero-order valence-corrected chi connectivity index (χ0v) is 13.1. The van der Waals surface area contributed by atoms with E-state index in [0.29, 0.717) is 6.42 Å². The summed E-state index contributed by atoms with van der Waals surface area (Å²) < 4.78 is 41.1. The first-order valence-electron chi connectivity index (χ1n) is 6.86. The molecule has 0 aromatic carbocycles. The first-order valence-corrected chi connectivity index (χ1v) is 7.24. The summed E-state index contributed by atoms with van der Waals surface area (Å²) in [6, 6.07) is 0.993. The number of halogens is 4. The van der Waals surface area contributed by atoms with Gasteiger partial charge in [-0.2, -0.15) is 18.3 Å². The molecule has 23 heavy (non-hydrogen) atoms. The summed E-state index contributed by atoms with van der Waals surface area (Å²) in [6.07, 6.45) is -2.93. The molecule has 0 aliphatic rings. The molecule has 0 aliphatic carbocycles. The smallest absolute Gasteiger partial charge is 0.321 e. The Morgan fingerprint density at radius 3 is 2.61 bits per heavy atom. The minimum Gasteiger partial charge on any atom is -0.321 e. The van der Waals surface area contributed by atoms with Crippen LogP contribution in [0, 0.1) is 13.8 Å². The fourth-order valence-electron chi connectivity index (χ4n) is 2.66. The SMILES string of the molecule is Cc1n[nH]c(C)c1CCn1c(C(F)(F)F)cc2c(Cl)ncnc21. The lowest BCUT2D eigenvalue weighted by atomic mass is 10.1. The van der Waals surface area contributed by atoms with Gasteiger partial charge in [-0.3, -0.25) is 5.10 Å². The number of nitrogens with zero attached hydrogens (tertiary/aromatic N) is 4. The van der Waals surface area contributed by atoms with Crippen LogP contribution in [0.4, 0.5) is 13.2 Å². The van der Waals surface area contributed by atoms with Gasteiger partial charge in [0.2, 0.25) is 0 Å². The fraction of sp³-hybridized carbons (Fsp3) is 0.357. The molecular formula is C14H13ClF3N5. The lowest BCUT2D eigenvalue weighted by Gasteiger charge is -2.12. The molecule has 3 aromatic rings. The number of aromatic amines is 1. The van der Waals surface area contributed by atoms with Crippen LogP contribution in [0.5, 0.6) is 0 Å². The number of hydrogen-bond acceptors (Lipinski definition) is 3. The van der Waals surface area contributed by atoms with Gasteiger partial charge in [0, 0.05) is 12.2 Å². The van der Waals surface area contributed by atoms with Gasteiger partial charge in [0.05, 0.1) is 11.1 Å². The van der Waals surface area contributed by atoms with E-state index in [1.165, 1.54) is 0 Å². The molecule has 0 spiro atoms. The van der Waals surface area contributed by atoms with Crippen molar-refractivity contribution in [2.45, 2.75) is 33.0 Å². The zero-order valence-electron chi connectivity index (χ0n) is 12.4. The maximum Gasteiger partial charge on any atom is 0.431 e. The second kappa shape index (κ2) is 5.52. The largest absolute Gasteiger partial charge is 0.431 e. The molecular weight excluding hydrogens is 331 g/mol. The Balaban J connectivity index is 2.07. The van der Waals surface area contributed by atoms with Gasteiger partial charge in [-0.25, -0.2) is 9.97 Å². The molecule has 122 valence electrons. The standard InChI is InChI=1S/C14H13ClF3N5/c1-7-9(8(2)22-21-7)3-4-23-11(14(16,17)18)5-10-12(15)19-6-20-13(10)23/h5-6H,3-4H2,1-2H3,(H,21,22). The minimum atomic E-state index is -4.50. The molecule has 0 saturated carbocycles. The summed E-state index contributed by atoms with van der Waals surface area (Å²) in [6.45, 7) is 3.77. The van der Waals surface area contributed by atoms with Crippen LogP contribution in [0.1, 0.15) is 22.6 Å². The van der Waals surface area contributed by atoms with E-state index in [0.717, 1.165) is 33.9 Å². The highest BCUT2D eigenvalue weighted by atomic mass is 35.5. The lowest BCUT2D eigenvalue weighted by Crippen LogP contribution is -2.15. The molecule has 0 radical (unpaired) electrons. The number of H-pyrrole nitrogens is 1. The maximum atomic E-state index is 13.3. The van der Waals surface area contributed by atoms with Crippen molar-refractivity contribution in [1.82, 2.24) is 24.7 Å². The predicted octanol–water partition coefficient (Wildman–Crippen LogP) is 3.69. The van der Waals surface area contributed by atoms with E-state index in [-0.39, 0.29) is 22.7 Å². The van der Waals surface area contributed by atoms with E-state index >= 15 is 0 Å². The van der Waals surface area contributed by atoms with Crippen molar-refractivity contribution in [1.29, 1.82) is 0 Å². The molecule has 3 aromatic heterocycles. The number of aromatic nitrogens is 5. The zero-order chi connectivity index (χ0) is 16.8. The first kappa shape index (κ1) is 15.8. The third-order valence-corrected chi connectivity index (χ3v) is 4.10. The normalized spacial score (nSPS) is 12.3. The van der Waals surface area contributed by atoms with Crippen molar-refractivity contribution in [2.24, 2.45) is 0 Å². The summed E-state index contributed by atoms with van der Waals surface area (Å²) >= 11 is 5.90. The van der Waals surface area contributed by atoms with E-state index in [4.69, 9.17) is 11.6 Å². The highest BCUT2D eigenvalue weighted by Crippen LogP contribution is 2.35. The topological polar surface area (TPSA) is 59.4 Å². The van der Waals surface area contributed by atoms with Crippen molar-refractivity contribution in [3.05, 3.63) is 40.2 Å². The highest BCUT2D eigenvalue weighted by molar-refractivity contribution is 6.33. The van der Waals surface area contributed by atoms with Gasteiger partial charge < -0.3 is 4.57 Å². The Labute approximate surface area is 134 Å². The fourth-order valence-corrected chi connectivity index (χ4v) is 2.84. The van der Waals surface area contributed by atoms with Gasteiger partial charge >= 0.3 is 6.18 Å². The summed E-state index contributed by atoms with van der Waals surface area (Å²) in [5.74, 6) is 0. The van der Waals surface area contributed by atoms with E-state index in [9.17, 15) is 13.2 Å². The molecule has 5 nitrogen and oxygen atoms in total. The van der Waals surface area contributed by atoms with Crippen LogP contribution in [0.25, 0.3) is 11.0 Å². The molecule has 0 aliphatic heterocycles. The van der Waals surface area contributed by atoms with Crippen molar-refractivity contribution in [3.8, 4) is 0 Å². The van der Waals surface area contributed by atoms with Crippen LogP contribution in [-0.2, 0) is 19.1 Å². The van der Waals surface area contributed by atoms with Crippen LogP contribution in [0.15, 0.2) is 12.4 Å². The van der Waals surface area contributed by atoms with E-state index < -0.39 is 11.9 Å². The number of fused-ring (bicyclic) bond motifs is 1. The van der Waals surface area contributed by atoms with Crippen molar-refractivity contribution in [3.63, 3.8) is 0 Å². The third kappa shape index (κ3) is 2.78. The average molecular weight is 344 g/mol. The average Bonchev–Trinajstić information content (AvgIpc) is 2.99. The van der Waals surface area contributed by atoms with Crippen LogP contribution >= 0.6 is 11.6 Å². The van der Waals surface area contributed by atoms with Crippen LogP contribution in [-0.4, -0.2) is 24.7 Å². The van der Waals surface area contributed by atoms with E-state index in [1.54, 1.807) is 0 Å². The highest BCUT2D eigenvalue weighted by Gasteiger charge is 2.36. The Bertz CT molecular complexity index is 846. The summed E-state index contributed by atoms with van der Waals surface area (Å²) in [4.78, 5) is 7.71. The molecule has 1 N–H and O–H groups in total. The van der Waals surface area contributed by atoms with Crippen LogP contribution in [0.2, 0.25) is 5.15 Å². The summed E-state index contributed by atoms with van der Waals surface area (Å²) in [5.41, 5.74) is 1.92. The van der Waals surface area contributed by atoms with Gasteiger partial charge in [-0.1, -0.05) is 11.6 Å². The Kier molecular flexibility index (Phi) is 3.79. The molecule has 0 unspecified atom stereocenters. The first-order chi connectivity index (χ1) is 10.8. The van der Waals surface area contributed by atoms with Gasteiger partial charge in [0.1, 0.15) is 22.8 Å². The second-order valence-electron chi connectivity index (χ2n) is 5.24. The summed E-state index contributed by atoms with van der Waals surface area (Å²) in [7, 11) is 0. The molecule has 0 fully saturated rings. The summed E-state index contributed by atoms with van der Waals surface area (Å²) in [5, 5.41) is 7.10. The predicted molar refractivity (Wildman–Crippen MR) is 79.3 cm³/mol. The molecule has 0 atom stereocenters. The van der Waals surface area contributed by atoms with Crippen LogP contribution in [0.3, 0.4) is 0 Å². The third-order valence-electron chi connectivity index (χ3n) is 3.80. The number of aryl methyl sites for hydroxylation is 3. The van der Waals surface area contributed by atoms with E-state index in [2.05, 4.69) is 20.2 Å². The lowest BCUT2D eigenvalue weighted by molar-refractivity contribution is -0.143. The maximum absolute atomic E-state index is 13.3. The van der Waals surface area contributed by atoms with Gasteiger partial charge in [-0.05, 0) is 31.9 Å².